The van der Waals surface area contributed by atoms with Crippen LogP contribution in [0, 0.1) is 11.8 Å². The van der Waals surface area contributed by atoms with Crippen LogP contribution in [0.2, 0.25) is 0 Å². The van der Waals surface area contributed by atoms with Crippen LogP contribution in [0.4, 0.5) is 0 Å². The van der Waals surface area contributed by atoms with Gasteiger partial charge in [0.2, 0.25) is 5.91 Å². The third-order valence-electron chi connectivity index (χ3n) is 3.15. The zero-order chi connectivity index (χ0) is 17.5. The SMILES string of the molecule is CCC(C)C(=O)NCOC.CCOC(C)OC(=O)C(C)CC. The van der Waals surface area contributed by atoms with Gasteiger partial charge in [-0.2, -0.15) is 0 Å². The van der Waals surface area contributed by atoms with Crippen molar-refractivity contribution in [1.82, 2.24) is 5.32 Å². The molecule has 3 atom stereocenters. The molecule has 0 saturated heterocycles. The fourth-order valence-corrected chi connectivity index (χ4v) is 1.22. The van der Waals surface area contributed by atoms with Crippen molar-refractivity contribution in [2.24, 2.45) is 11.8 Å². The van der Waals surface area contributed by atoms with E-state index in [-0.39, 0.29) is 23.7 Å². The van der Waals surface area contributed by atoms with Gasteiger partial charge in [0.15, 0.2) is 6.29 Å². The molecule has 132 valence electrons. The Balaban J connectivity index is 0. The smallest absolute Gasteiger partial charge is 0.310 e. The number of carbonyl (C=O) groups is 2. The predicted octanol–water partition coefficient (Wildman–Crippen LogP) is 2.71. The topological polar surface area (TPSA) is 73.9 Å². The molecule has 0 aromatic rings. The average molecular weight is 319 g/mol. The summed E-state index contributed by atoms with van der Waals surface area (Å²) in [5.41, 5.74) is 0. The lowest BCUT2D eigenvalue weighted by Gasteiger charge is -2.15. The minimum atomic E-state index is -0.420. The fourth-order valence-electron chi connectivity index (χ4n) is 1.22. The maximum absolute atomic E-state index is 11.2. The lowest BCUT2D eigenvalue weighted by molar-refractivity contribution is -0.178. The first-order chi connectivity index (χ1) is 10.3. The first-order valence-electron chi connectivity index (χ1n) is 7.92. The van der Waals surface area contributed by atoms with Gasteiger partial charge in [0.25, 0.3) is 0 Å². The molecule has 1 N–H and O–H groups in total. The Morgan fingerprint density at radius 1 is 1.00 bits per heavy atom. The van der Waals surface area contributed by atoms with Crippen LogP contribution in [0.1, 0.15) is 54.4 Å². The summed E-state index contributed by atoms with van der Waals surface area (Å²) in [6.45, 7) is 12.1. The summed E-state index contributed by atoms with van der Waals surface area (Å²) in [6, 6.07) is 0. The molecule has 0 aliphatic heterocycles. The Morgan fingerprint density at radius 3 is 1.95 bits per heavy atom. The van der Waals surface area contributed by atoms with E-state index in [0.29, 0.717) is 13.3 Å². The molecule has 0 rings (SSSR count). The minimum Gasteiger partial charge on any atom is -0.436 e. The Bertz CT molecular complexity index is 296. The van der Waals surface area contributed by atoms with Gasteiger partial charge in [-0.15, -0.1) is 0 Å². The standard InChI is InChI=1S/C9H18O3.C7H15NO2/c1-5-7(3)9(10)12-8(4)11-6-2;1-4-6(2)7(9)8-5-10-3/h7-8H,5-6H2,1-4H3;6H,4-5H2,1-3H3,(H,8,9). The van der Waals surface area contributed by atoms with Gasteiger partial charge in [-0.05, 0) is 26.7 Å². The lowest BCUT2D eigenvalue weighted by atomic mass is 10.1. The van der Waals surface area contributed by atoms with Crippen LogP contribution in [0.25, 0.3) is 0 Å². The summed E-state index contributed by atoms with van der Waals surface area (Å²) >= 11 is 0. The number of amides is 1. The van der Waals surface area contributed by atoms with Crippen molar-refractivity contribution in [1.29, 1.82) is 0 Å². The van der Waals surface area contributed by atoms with Crippen LogP contribution in [-0.4, -0.2) is 38.6 Å². The molecule has 3 unspecified atom stereocenters. The fraction of sp³-hybridized carbons (Fsp3) is 0.875. The lowest BCUT2D eigenvalue weighted by Crippen LogP contribution is -2.30. The molecular weight excluding hydrogens is 286 g/mol. The second kappa shape index (κ2) is 14.8. The van der Waals surface area contributed by atoms with Crippen LogP contribution in [0.3, 0.4) is 0 Å². The monoisotopic (exact) mass is 319 g/mol. The van der Waals surface area contributed by atoms with Crippen LogP contribution in [-0.2, 0) is 23.8 Å². The minimum absolute atomic E-state index is 0.0343. The first-order valence-corrected chi connectivity index (χ1v) is 7.92. The van der Waals surface area contributed by atoms with Crippen LogP contribution < -0.4 is 5.32 Å². The normalized spacial score (nSPS) is 14.1. The molecule has 1 amide bonds. The zero-order valence-corrected chi connectivity index (χ0v) is 15.1. The second-order valence-corrected chi connectivity index (χ2v) is 5.05. The van der Waals surface area contributed by atoms with Crippen molar-refractivity contribution in [2.75, 3.05) is 20.4 Å². The Morgan fingerprint density at radius 2 is 1.55 bits per heavy atom. The molecule has 6 nitrogen and oxygen atoms in total. The van der Waals surface area contributed by atoms with Crippen molar-refractivity contribution in [3.8, 4) is 0 Å². The van der Waals surface area contributed by atoms with Crippen LogP contribution >= 0.6 is 0 Å². The zero-order valence-electron chi connectivity index (χ0n) is 15.1. The third kappa shape index (κ3) is 12.6. The van der Waals surface area contributed by atoms with E-state index in [2.05, 4.69) is 10.1 Å². The highest BCUT2D eigenvalue weighted by Crippen LogP contribution is 2.05. The highest BCUT2D eigenvalue weighted by atomic mass is 16.7. The number of rotatable bonds is 9. The van der Waals surface area contributed by atoms with Gasteiger partial charge in [0.05, 0.1) is 5.92 Å². The molecule has 0 bridgehead atoms. The summed E-state index contributed by atoms with van der Waals surface area (Å²) in [5, 5.41) is 2.62. The molecular formula is C16H33NO5. The van der Waals surface area contributed by atoms with E-state index in [1.807, 2.05) is 34.6 Å². The molecule has 22 heavy (non-hydrogen) atoms. The van der Waals surface area contributed by atoms with Gasteiger partial charge in [-0.3, -0.25) is 9.59 Å². The molecule has 0 aromatic carbocycles. The largest absolute Gasteiger partial charge is 0.436 e. The van der Waals surface area contributed by atoms with Crippen molar-refractivity contribution in [3.63, 3.8) is 0 Å². The molecule has 0 aliphatic rings. The molecule has 0 saturated carbocycles. The van der Waals surface area contributed by atoms with E-state index in [1.165, 1.54) is 0 Å². The van der Waals surface area contributed by atoms with E-state index >= 15 is 0 Å². The Kier molecular flexibility index (Phi) is 15.5. The quantitative estimate of drug-likeness (QED) is 0.522. The van der Waals surface area contributed by atoms with Crippen molar-refractivity contribution < 1.29 is 23.8 Å². The van der Waals surface area contributed by atoms with E-state index < -0.39 is 6.29 Å². The number of hydrogen-bond donors (Lipinski definition) is 1. The van der Waals surface area contributed by atoms with Gasteiger partial charge in [0, 0.05) is 19.6 Å². The molecule has 6 heteroatoms. The van der Waals surface area contributed by atoms with Gasteiger partial charge >= 0.3 is 5.97 Å². The molecule has 0 radical (unpaired) electrons. The van der Waals surface area contributed by atoms with Gasteiger partial charge < -0.3 is 19.5 Å². The third-order valence-corrected chi connectivity index (χ3v) is 3.15. The van der Waals surface area contributed by atoms with Gasteiger partial charge in [-0.25, -0.2) is 0 Å². The Labute approximate surface area is 134 Å². The second-order valence-electron chi connectivity index (χ2n) is 5.05. The number of carbonyl (C=O) groups excluding carboxylic acids is 2. The molecule has 0 heterocycles. The van der Waals surface area contributed by atoms with Crippen LogP contribution in [0.5, 0.6) is 0 Å². The number of hydrogen-bond acceptors (Lipinski definition) is 5. The summed E-state index contributed by atoms with van der Waals surface area (Å²) in [6.07, 6.45) is 1.25. The van der Waals surface area contributed by atoms with Crippen LogP contribution in [0.15, 0.2) is 0 Å². The molecule has 0 aromatic heterocycles. The highest BCUT2D eigenvalue weighted by Gasteiger charge is 2.14. The molecule has 0 spiro atoms. The average Bonchev–Trinajstić information content (AvgIpc) is 2.51. The number of esters is 1. The highest BCUT2D eigenvalue weighted by molar-refractivity contribution is 5.77. The molecule has 0 fully saturated rings. The van der Waals surface area contributed by atoms with Gasteiger partial charge in [-0.1, -0.05) is 27.7 Å². The van der Waals surface area contributed by atoms with Gasteiger partial charge in [0.1, 0.15) is 6.73 Å². The van der Waals surface area contributed by atoms with Crippen molar-refractivity contribution >= 4 is 11.9 Å². The van der Waals surface area contributed by atoms with E-state index in [0.717, 1.165) is 12.8 Å². The van der Waals surface area contributed by atoms with E-state index in [1.54, 1.807) is 14.0 Å². The number of methoxy groups -OCH3 is 1. The Hall–Kier alpha value is -1.14. The summed E-state index contributed by atoms with van der Waals surface area (Å²) in [5.74, 6) is -0.0640. The maximum Gasteiger partial charge on any atom is 0.310 e. The van der Waals surface area contributed by atoms with Crippen molar-refractivity contribution in [3.05, 3.63) is 0 Å². The number of ether oxygens (including phenoxy) is 3. The number of nitrogens with one attached hydrogen (secondary N) is 1. The predicted molar refractivity (Wildman–Crippen MR) is 86.1 cm³/mol. The first kappa shape index (κ1) is 23.1. The van der Waals surface area contributed by atoms with Crippen molar-refractivity contribution in [2.45, 2.75) is 60.7 Å². The van der Waals surface area contributed by atoms with E-state index in [9.17, 15) is 9.59 Å². The molecule has 0 aliphatic carbocycles. The summed E-state index contributed by atoms with van der Waals surface area (Å²) < 4.78 is 14.7. The maximum atomic E-state index is 11.2. The van der Waals surface area contributed by atoms with E-state index in [4.69, 9.17) is 9.47 Å². The summed E-state index contributed by atoms with van der Waals surface area (Å²) in [4.78, 5) is 22.1. The summed E-state index contributed by atoms with van der Waals surface area (Å²) in [7, 11) is 1.55.